The fraction of sp³-hybridized carbons (Fsp3) is 0.471. The van der Waals surface area contributed by atoms with Crippen molar-refractivity contribution in [1.82, 2.24) is 14.1 Å². The minimum Gasteiger partial charge on any atom is -0.383 e. The number of methoxy groups -OCH3 is 1. The van der Waals surface area contributed by atoms with Gasteiger partial charge in [-0.3, -0.25) is 0 Å². The zero-order valence-electron chi connectivity index (χ0n) is 13.8. The fourth-order valence-electron chi connectivity index (χ4n) is 3.68. The Hall–Kier alpha value is -1.70. The Kier molecular flexibility index (Phi) is 3.56. The van der Waals surface area contributed by atoms with Gasteiger partial charge < -0.3 is 4.74 Å². The molecule has 2 atom stereocenters. The molecule has 2 aliphatic rings. The molecule has 0 saturated heterocycles. The molecule has 0 radical (unpaired) electrons. The Morgan fingerprint density at radius 1 is 1.29 bits per heavy atom. The van der Waals surface area contributed by atoms with Crippen LogP contribution in [0.3, 0.4) is 0 Å². The van der Waals surface area contributed by atoms with E-state index in [0.29, 0.717) is 19.5 Å². The summed E-state index contributed by atoms with van der Waals surface area (Å²) in [7, 11) is -1.84. The van der Waals surface area contributed by atoms with Crippen LogP contribution >= 0.6 is 0 Å². The van der Waals surface area contributed by atoms with Gasteiger partial charge in [-0.05, 0) is 24.5 Å². The second-order valence-corrected chi connectivity index (χ2v) is 9.02. The molecule has 2 aromatic rings. The number of nitrogens with zero attached hydrogens (tertiary/aromatic N) is 3. The number of para-hydroxylation sites is 1. The maximum Gasteiger partial charge on any atom is 0.223 e. The van der Waals surface area contributed by atoms with Crippen LogP contribution in [0.5, 0.6) is 0 Å². The molecule has 0 N–H and O–H groups in total. The summed E-state index contributed by atoms with van der Waals surface area (Å²) in [5, 5.41) is 4.42. The average Bonchev–Trinajstić information content (AvgIpc) is 2.93. The molecular weight excluding hydrogens is 326 g/mol. The molecule has 1 saturated carbocycles. The summed E-state index contributed by atoms with van der Waals surface area (Å²) in [6.45, 7) is 2.99. The van der Waals surface area contributed by atoms with E-state index in [1.54, 1.807) is 17.6 Å². The van der Waals surface area contributed by atoms with Crippen LogP contribution in [0.15, 0.2) is 36.5 Å². The van der Waals surface area contributed by atoms with Gasteiger partial charge in [0.05, 0.1) is 30.7 Å². The van der Waals surface area contributed by atoms with E-state index in [0.717, 1.165) is 16.9 Å². The number of benzene rings is 1. The van der Waals surface area contributed by atoms with Gasteiger partial charge in [0.1, 0.15) is 4.75 Å². The molecule has 1 aromatic heterocycles. The second kappa shape index (κ2) is 5.40. The lowest BCUT2D eigenvalue weighted by atomic mass is 10.3. The highest BCUT2D eigenvalue weighted by molar-refractivity contribution is 7.90. The van der Waals surface area contributed by atoms with Crippen LogP contribution in [0.4, 0.5) is 0 Å². The summed E-state index contributed by atoms with van der Waals surface area (Å²) in [5.74, 6) is 0.136. The normalized spacial score (nSPS) is 26.5. The number of fused-ring (bicyclic) bond motifs is 1. The summed E-state index contributed by atoms with van der Waals surface area (Å²) in [4.78, 5) is 0. The smallest absolute Gasteiger partial charge is 0.223 e. The molecule has 7 heteroatoms. The van der Waals surface area contributed by atoms with Gasteiger partial charge >= 0.3 is 0 Å². The van der Waals surface area contributed by atoms with Crippen molar-refractivity contribution in [3.63, 3.8) is 0 Å². The van der Waals surface area contributed by atoms with Crippen LogP contribution in [0.1, 0.15) is 24.6 Å². The van der Waals surface area contributed by atoms with Gasteiger partial charge in [0.2, 0.25) is 10.0 Å². The first kappa shape index (κ1) is 15.8. The van der Waals surface area contributed by atoms with E-state index in [4.69, 9.17) is 4.74 Å². The summed E-state index contributed by atoms with van der Waals surface area (Å²) in [5.41, 5.74) is 2.87. The molecule has 0 spiro atoms. The van der Waals surface area contributed by atoms with Gasteiger partial charge in [0.25, 0.3) is 0 Å². The quantitative estimate of drug-likeness (QED) is 0.829. The summed E-state index contributed by atoms with van der Waals surface area (Å²) in [6, 6.07) is 9.80. The maximum atomic E-state index is 13.1. The first-order valence-electron chi connectivity index (χ1n) is 8.09. The van der Waals surface area contributed by atoms with Crippen molar-refractivity contribution < 1.29 is 13.2 Å². The van der Waals surface area contributed by atoms with Crippen molar-refractivity contribution >= 4 is 10.0 Å². The number of sulfonamides is 1. The number of hydrogen-bond donors (Lipinski definition) is 0. The van der Waals surface area contributed by atoms with Crippen molar-refractivity contribution in [2.75, 3.05) is 13.7 Å². The highest BCUT2D eigenvalue weighted by atomic mass is 32.2. The van der Waals surface area contributed by atoms with Gasteiger partial charge in [-0.25, -0.2) is 13.1 Å². The number of aromatic nitrogens is 2. The molecule has 0 unspecified atom stereocenters. The molecule has 0 amide bonds. The number of rotatable bonds is 5. The standard InChI is InChI=1S/C17H21N3O3S/c1-13-8-17(13,12-23-2)24(21,22)19-10-14-9-18-20(16(14)11-19)15-6-4-3-5-7-15/h3-7,9,13H,8,10-12H2,1-2H3/t13-,17+/m0/s1. The van der Waals surface area contributed by atoms with Gasteiger partial charge in [-0.15, -0.1) is 0 Å². The molecule has 4 rings (SSSR count). The van der Waals surface area contributed by atoms with Crippen molar-refractivity contribution in [3.05, 3.63) is 47.8 Å². The first-order chi connectivity index (χ1) is 11.5. The van der Waals surface area contributed by atoms with Crippen LogP contribution in [0.2, 0.25) is 0 Å². The average molecular weight is 347 g/mol. The van der Waals surface area contributed by atoms with Gasteiger partial charge in [-0.1, -0.05) is 25.1 Å². The molecule has 1 aliphatic heterocycles. The molecule has 0 bridgehead atoms. The van der Waals surface area contributed by atoms with Crippen LogP contribution in [-0.4, -0.2) is 41.0 Å². The van der Waals surface area contributed by atoms with Gasteiger partial charge in [0, 0.05) is 19.2 Å². The molecule has 1 aromatic carbocycles. The third-order valence-corrected chi connectivity index (χ3v) is 7.91. The molecule has 2 heterocycles. The maximum absolute atomic E-state index is 13.1. The van der Waals surface area contributed by atoms with Crippen LogP contribution in [0, 0.1) is 5.92 Å². The van der Waals surface area contributed by atoms with Crippen LogP contribution in [-0.2, 0) is 27.8 Å². The third-order valence-electron chi connectivity index (χ3n) is 5.26. The Bertz CT molecular complexity index is 862. The Morgan fingerprint density at radius 2 is 2.00 bits per heavy atom. The van der Waals surface area contributed by atoms with Crippen molar-refractivity contribution in [1.29, 1.82) is 0 Å². The third kappa shape index (κ3) is 2.15. The molecule has 1 aliphatic carbocycles. The largest absolute Gasteiger partial charge is 0.383 e. The molecule has 24 heavy (non-hydrogen) atoms. The van der Waals surface area contributed by atoms with E-state index in [2.05, 4.69) is 5.10 Å². The minimum absolute atomic E-state index is 0.136. The number of ether oxygens (including phenoxy) is 1. The van der Waals surface area contributed by atoms with Crippen molar-refractivity contribution in [2.45, 2.75) is 31.2 Å². The topological polar surface area (TPSA) is 64.4 Å². The predicted octanol–water partition coefficient (Wildman–Crippen LogP) is 1.94. The van der Waals surface area contributed by atoms with Crippen molar-refractivity contribution in [3.8, 4) is 5.69 Å². The lowest BCUT2D eigenvalue weighted by molar-refractivity contribution is 0.185. The van der Waals surface area contributed by atoms with Crippen LogP contribution in [0.25, 0.3) is 5.69 Å². The molecule has 128 valence electrons. The van der Waals surface area contributed by atoms with E-state index < -0.39 is 14.8 Å². The predicted molar refractivity (Wildman–Crippen MR) is 90.1 cm³/mol. The monoisotopic (exact) mass is 347 g/mol. The molecular formula is C17H21N3O3S. The molecule has 1 fully saturated rings. The Balaban J connectivity index is 1.64. The van der Waals surface area contributed by atoms with Crippen molar-refractivity contribution in [2.24, 2.45) is 5.92 Å². The minimum atomic E-state index is -3.41. The molecule has 6 nitrogen and oxygen atoms in total. The van der Waals surface area contributed by atoms with E-state index in [1.165, 1.54) is 0 Å². The van der Waals surface area contributed by atoms with Gasteiger partial charge in [-0.2, -0.15) is 9.40 Å². The fourth-order valence-corrected chi connectivity index (χ4v) is 6.03. The first-order valence-corrected chi connectivity index (χ1v) is 9.53. The second-order valence-electron chi connectivity index (χ2n) is 6.74. The SMILES string of the molecule is COC[C@]1(S(=O)(=O)N2Cc3cnn(-c4ccccc4)c3C2)C[C@@H]1C. The Morgan fingerprint density at radius 3 is 2.62 bits per heavy atom. The number of hydrogen-bond acceptors (Lipinski definition) is 4. The summed E-state index contributed by atoms with van der Waals surface area (Å²) < 4.78 is 34.2. The van der Waals surface area contributed by atoms with Gasteiger partial charge in [0.15, 0.2) is 0 Å². The zero-order chi connectivity index (χ0) is 16.9. The lowest BCUT2D eigenvalue weighted by Gasteiger charge is -2.24. The zero-order valence-corrected chi connectivity index (χ0v) is 14.7. The highest BCUT2D eigenvalue weighted by Gasteiger charge is 2.63. The Labute approximate surface area is 142 Å². The lowest BCUT2D eigenvalue weighted by Crippen LogP contribution is -2.41. The van der Waals surface area contributed by atoms with Crippen LogP contribution < -0.4 is 0 Å². The summed E-state index contributed by atoms with van der Waals surface area (Å²) >= 11 is 0. The van der Waals surface area contributed by atoms with E-state index >= 15 is 0 Å². The summed E-state index contributed by atoms with van der Waals surface area (Å²) in [6.07, 6.45) is 2.44. The van der Waals surface area contributed by atoms with E-state index in [-0.39, 0.29) is 12.5 Å². The van der Waals surface area contributed by atoms with E-state index in [9.17, 15) is 8.42 Å². The van der Waals surface area contributed by atoms with E-state index in [1.807, 2.05) is 41.9 Å². The highest BCUT2D eigenvalue weighted by Crippen LogP contribution is 2.52.